The quantitative estimate of drug-likeness (QED) is 0.447. The predicted octanol–water partition coefficient (Wildman–Crippen LogP) is 3.55. The molecule has 2 rings (SSSR count). The number of carbonyl (C=O) groups excluding carboxylic acids is 3. The molecule has 0 aromatic heterocycles. The average molecular weight is 356 g/mol. The van der Waals surface area contributed by atoms with Gasteiger partial charge in [-0.3, -0.25) is 14.4 Å². The van der Waals surface area contributed by atoms with E-state index in [9.17, 15) is 14.4 Å². The van der Waals surface area contributed by atoms with Gasteiger partial charge in [0.15, 0.2) is 17.8 Å². The van der Waals surface area contributed by atoms with Crippen LogP contribution in [0.25, 0.3) is 0 Å². The Kier molecular flexibility index (Phi) is 6.11. The summed E-state index contributed by atoms with van der Waals surface area (Å²) in [6.45, 7) is 6.40. The van der Waals surface area contributed by atoms with Gasteiger partial charge in [0.1, 0.15) is 12.4 Å². The molecule has 26 heavy (non-hydrogen) atoms. The van der Waals surface area contributed by atoms with Gasteiger partial charge in [0, 0.05) is 25.0 Å². The van der Waals surface area contributed by atoms with E-state index in [0.29, 0.717) is 11.8 Å². The Labute approximate surface area is 151 Å². The summed E-state index contributed by atoms with van der Waals surface area (Å²) < 4.78 is 16.0. The molecule has 0 saturated heterocycles. The van der Waals surface area contributed by atoms with Gasteiger partial charge in [-0.05, 0) is 37.1 Å². The van der Waals surface area contributed by atoms with Crippen LogP contribution in [0.1, 0.15) is 40.9 Å². The molecule has 2 aromatic rings. The molecule has 6 heteroatoms. The lowest BCUT2D eigenvalue weighted by Gasteiger charge is -2.15. The molecule has 0 radical (unpaired) electrons. The number of para-hydroxylation sites is 1. The third kappa shape index (κ3) is 4.69. The van der Waals surface area contributed by atoms with Gasteiger partial charge in [0.25, 0.3) is 0 Å². The van der Waals surface area contributed by atoms with Gasteiger partial charge in [-0.2, -0.15) is 0 Å². The van der Waals surface area contributed by atoms with E-state index >= 15 is 0 Å². The summed E-state index contributed by atoms with van der Waals surface area (Å²) in [5.41, 5.74) is 2.72. The molecule has 0 aliphatic carbocycles. The monoisotopic (exact) mass is 356 g/mol. The van der Waals surface area contributed by atoms with Crippen LogP contribution in [0.4, 0.5) is 0 Å². The Bertz CT molecular complexity index is 833. The molecule has 0 bridgehead atoms. The van der Waals surface area contributed by atoms with Gasteiger partial charge in [0.05, 0.1) is 0 Å². The van der Waals surface area contributed by atoms with Crippen LogP contribution in [-0.4, -0.2) is 18.2 Å². The molecule has 2 aromatic carbocycles. The molecule has 0 fully saturated rings. The van der Waals surface area contributed by atoms with Crippen LogP contribution in [0.15, 0.2) is 30.3 Å². The third-order valence-corrected chi connectivity index (χ3v) is 3.62. The van der Waals surface area contributed by atoms with Gasteiger partial charge in [-0.25, -0.2) is 0 Å². The van der Waals surface area contributed by atoms with Crippen molar-refractivity contribution in [1.82, 2.24) is 0 Å². The van der Waals surface area contributed by atoms with Crippen LogP contribution in [-0.2, 0) is 16.2 Å². The van der Waals surface area contributed by atoms with Crippen LogP contribution in [0.2, 0.25) is 0 Å². The van der Waals surface area contributed by atoms with Crippen molar-refractivity contribution in [2.45, 2.75) is 34.3 Å². The topological polar surface area (TPSA) is 78.9 Å². The lowest BCUT2D eigenvalue weighted by Crippen LogP contribution is -2.10. The highest BCUT2D eigenvalue weighted by Gasteiger charge is 2.16. The highest BCUT2D eigenvalue weighted by molar-refractivity contribution is 5.81. The highest BCUT2D eigenvalue weighted by Crippen LogP contribution is 2.32. The largest absolute Gasteiger partial charge is 0.488 e. The Hall–Kier alpha value is -3.15. The standard InChI is InChI=1S/C20H20O6/c1-12-6-5-7-13(2)20(12)24-11-17-9-19(26-15(4)23)18(25-14(3)22)8-16(17)10-21/h5-10H,11H2,1-4H3. The summed E-state index contributed by atoms with van der Waals surface area (Å²) in [5.74, 6) is -0.375. The van der Waals surface area contributed by atoms with Crippen molar-refractivity contribution < 1.29 is 28.6 Å². The second-order valence-electron chi connectivity index (χ2n) is 5.81. The van der Waals surface area contributed by atoms with E-state index < -0.39 is 11.9 Å². The van der Waals surface area contributed by atoms with E-state index in [1.807, 2.05) is 32.0 Å². The number of carbonyl (C=O) groups is 3. The lowest BCUT2D eigenvalue weighted by atomic mass is 10.1. The van der Waals surface area contributed by atoms with Gasteiger partial charge < -0.3 is 14.2 Å². The van der Waals surface area contributed by atoms with E-state index in [1.165, 1.54) is 26.0 Å². The zero-order chi connectivity index (χ0) is 19.3. The van der Waals surface area contributed by atoms with Crippen molar-refractivity contribution in [1.29, 1.82) is 0 Å². The summed E-state index contributed by atoms with van der Waals surface area (Å²) in [7, 11) is 0. The van der Waals surface area contributed by atoms with Crippen molar-refractivity contribution in [3.8, 4) is 17.2 Å². The number of esters is 2. The zero-order valence-electron chi connectivity index (χ0n) is 15.1. The van der Waals surface area contributed by atoms with E-state index in [0.717, 1.165) is 16.9 Å². The van der Waals surface area contributed by atoms with Crippen LogP contribution in [0.3, 0.4) is 0 Å². The van der Waals surface area contributed by atoms with E-state index in [2.05, 4.69) is 0 Å². The second-order valence-corrected chi connectivity index (χ2v) is 5.81. The fourth-order valence-corrected chi connectivity index (χ4v) is 2.50. The molecular weight excluding hydrogens is 336 g/mol. The van der Waals surface area contributed by atoms with Crippen molar-refractivity contribution in [2.24, 2.45) is 0 Å². The van der Waals surface area contributed by atoms with Crippen LogP contribution < -0.4 is 14.2 Å². The molecule has 0 atom stereocenters. The molecule has 0 saturated carbocycles. The molecule has 0 aliphatic heterocycles. The van der Waals surface area contributed by atoms with E-state index in [4.69, 9.17) is 14.2 Å². The fourth-order valence-electron chi connectivity index (χ4n) is 2.50. The van der Waals surface area contributed by atoms with Gasteiger partial charge in [0.2, 0.25) is 0 Å². The van der Waals surface area contributed by atoms with Gasteiger partial charge in [-0.1, -0.05) is 18.2 Å². The summed E-state index contributed by atoms with van der Waals surface area (Å²) in [6, 6.07) is 8.61. The Morgan fingerprint density at radius 1 is 0.962 bits per heavy atom. The van der Waals surface area contributed by atoms with Gasteiger partial charge >= 0.3 is 11.9 Å². The van der Waals surface area contributed by atoms with Crippen LogP contribution in [0.5, 0.6) is 17.2 Å². The maximum absolute atomic E-state index is 11.4. The summed E-state index contributed by atoms with van der Waals surface area (Å²) in [4.78, 5) is 34.0. The first kappa shape index (κ1) is 19.2. The van der Waals surface area contributed by atoms with Crippen LogP contribution >= 0.6 is 0 Å². The third-order valence-electron chi connectivity index (χ3n) is 3.62. The molecule has 0 unspecified atom stereocenters. The fraction of sp³-hybridized carbons (Fsp3) is 0.250. The summed E-state index contributed by atoms with van der Waals surface area (Å²) in [6.07, 6.45) is 0.633. The normalized spacial score (nSPS) is 10.2. The molecule has 0 aliphatic rings. The zero-order valence-corrected chi connectivity index (χ0v) is 15.1. The van der Waals surface area contributed by atoms with Crippen LogP contribution in [0, 0.1) is 13.8 Å². The number of ether oxygens (including phenoxy) is 3. The first-order valence-corrected chi connectivity index (χ1v) is 7.99. The SMILES string of the molecule is CC(=O)Oc1cc(C=O)c(COc2c(C)cccc2C)cc1OC(C)=O. The van der Waals surface area contributed by atoms with Gasteiger partial charge in [-0.15, -0.1) is 0 Å². The average Bonchev–Trinajstić information content (AvgIpc) is 2.55. The minimum absolute atomic E-state index is 0.00521. The first-order valence-electron chi connectivity index (χ1n) is 7.99. The predicted molar refractivity (Wildman–Crippen MR) is 94.7 cm³/mol. The first-order chi connectivity index (χ1) is 12.3. The van der Waals surface area contributed by atoms with Crippen molar-refractivity contribution in [3.05, 3.63) is 52.6 Å². The lowest BCUT2D eigenvalue weighted by molar-refractivity contribution is -0.134. The molecule has 6 nitrogen and oxygen atoms in total. The van der Waals surface area contributed by atoms with E-state index in [1.54, 1.807) is 0 Å². The van der Waals surface area contributed by atoms with Crippen molar-refractivity contribution in [3.63, 3.8) is 0 Å². The summed E-state index contributed by atoms with van der Waals surface area (Å²) in [5, 5.41) is 0. The molecule has 0 amide bonds. The minimum Gasteiger partial charge on any atom is -0.488 e. The molecule has 0 N–H and O–H groups in total. The number of hydrogen-bond acceptors (Lipinski definition) is 6. The van der Waals surface area contributed by atoms with E-state index in [-0.39, 0.29) is 23.7 Å². The molecule has 0 heterocycles. The summed E-state index contributed by atoms with van der Waals surface area (Å²) >= 11 is 0. The van der Waals surface area contributed by atoms with Crippen molar-refractivity contribution >= 4 is 18.2 Å². The number of hydrogen-bond donors (Lipinski definition) is 0. The Balaban J connectivity index is 2.38. The highest BCUT2D eigenvalue weighted by atomic mass is 16.6. The molecule has 136 valence electrons. The second kappa shape index (κ2) is 8.29. The Morgan fingerprint density at radius 3 is 2.00 bits per heavy atom. The molecule has 0 spiro atoms. The number of aldehydes is 1. The minimum atomic E-state index is -0.588. The molecular formula is C20H20O6. The maximum atomic E-state index is 11.4. The van der Waals surface area contributed by atoms with Crippen molar-refractivity contribution in [2.75, 3.05) is 0 Å². The maximum Gasteiger partial charge on any atom is 0.308 e. The Morgan fingerprint density at radius 2 is 1.50 bits per heavy atom. The number of benzene rings is 2. The smallest absolute Gasteiger partial charge is 0.308 e. The number of rotatable bonds is 6. The number of aryl methyl sites for hydroxylation is 2.